The van der Waals surface area contributed by atoms with Crippen molar-refractivity contribution in [2.24, 2.45) is 0 Å². The van der Waals surface area contributed by atoms with Gasteiger partial charge < -0.3 is 9.88 Å². The molecule has 1 aliphatic heterocycles. The van der Waals surface area contributed by atoms with Gasteiger partial charge in [-0.3, -0.25) is 19.6 Å². The molecule has 7 heteroatoms. The lowest BCUT2D eigenvalue weighted by Gasteiger charge is -2.34. The summed E-state index contributed by atoms with van der Waals surface area (Å²) in [6, 6.07) is 3.66. The van der Waals surface area contributed by atoms with Gasteiger partial charge in [-0.15, -0.1) is 0 Å². The number of piperazine rings is 1. The van der Waals surface area contributed by atoms with Crippen LogP contribution in [0.4, 0.5) is 5.69 Å². The molecule has 0 aromatic carbocycles. The first-order valence-corrected chi connectivity index (χ1v) is 7.90. The average molecular weight is 314 g/mol. The molecular formula is C16H22N6O. The fourth-order valence-electron chi connectivity index (χ4n) is 2.69. The van der Waals surface area contributed by atoms with Crippen LogP contribution in [0.1, 0.15) is 0 Å². The highest BCUT2D eigenvalue weighted by Crippen LogP contribution is 2.05. The Labute approximate surface area is 135 Å². The smallest absolute Gasteiger partial charge is 0.238 e. The van der Waals surface area contributed by atoms with Crippen LogP contribution in [0.15, 0.2) is 43.2 Å². The second-order valence-electron chi connectivity index (χ2n) is 5.71. The van der Waals surface area contributed by atoms with Crippen molar-refractivity contribution < 1.29 is 4.79 Å². The average Bonchev–Trinajstić information content (AvgIpc) is 3.08. The van der Waals surface area contributed by atoms with E-state index in [2.05, 4.69) is 29.7 Å². The van der Waals surface area contributed by atoms with Gasteiger partial charge in [-0.25, -0.2) is 4.98 Å². The molecular weight excluding hydrogens is 292 g/mol. The summed E-state index contributed by atoms with van der Waals surface area (Å²) in [5.74, 6) is 0.0184. The van der Waals surface area contributed by atoms with E-state index in [0.29, 0.717) is 6.54 Å². The van der Waals surface area contributed by atoms with Gasteiger partial charge in [0.05, 0.1) is 24.8 Å². The molecule has 1 saturated heterocycles. The third-order valence-corrected chi connectivity index (χ3v) is 4.01. The van der Waals surface area contributed by atoms with E-state index in [0.717, 1.165) is 45.0 Å². The number of nitrogens with zero attached hydrogens (tertiary/aromatic N) is 5. The minimum absolute atomic E-state index is 0.0184. The Hall–Kier alpha value is -2.25. The standard InChI is InChI=1S/C16H22N6O/c23-16(19-15-2-1-3-17-12-15)13-21-9-6-20(7-10-21)8-11-22-5-4-18-14-22/h1-5,12,14H,6-11,13H2,(H,19,23). The molecule has 2 aromatic rings. The Morgan fingerprint density at radius 2 is 1.91 bits per heavy atom. The number of carbonyl (C=O) groups is 1. The predicted octanol–water partition coefficient (Wildman–Crippen LogP) is 0.534. The number of imidazole rings is 1. The van der Waals surface area contributed by atoms with E-state index < -0.39 is 0 Å². The fraction of sp³-hybridized carbons (Fsp3) is 0.438. The first kappa shape index (κ1) is 15.6. The summed E-state index contributed by atoms with van der Waals surface area (Å²) < 4.78 is 2.09. The van der Waals surface area contributed by atoms with Crippen LogP contribution < -0.4 is 5.32 Å². The summed E-state index contributed by atoms with van der Waals surface area (Å²) in [5.41, 5.74) is 0.747. The predicted molar refractivity (Wildman–Crippen MR) is 88.0 cm³/mol. The molecule has 7 nitrogen and oxygen atoms in total. The van der Waals surface area contributed by atoms with Gasteiger partial charge >= 0.3 is 0 Å². The van der Waals surface area contributed by atoms with Gasteiger partial charge in [0.15, 0.2) is 0 Å². The fourth-order valence-corrected chi connectivity index (χ4v) is 2.69. The number of nitrogens with one attached hydrogen (secondary N) is 1. The summed E-state index contributed by atoms with van der Waals surface area (Å²) in [5, 5.41) is 2.88. The van der Waals surface area contributed by atoms with Crippen LogP contribution in [-0.4, -0.2) is 69.5 Å². The van der Waals surface area contributed by atoms with Crippen molar-refractivity contribution in [2.45, 2.75) is 6.54 Å². The highest BCUT2D eigenvalue weighted by molar-refractivity contribution is 5.92. The lowest BCUT2D eigenvalue weighted by molar-refractivity contribution is -0.117. The van der Waals surface area contributed by atoms with Crippen LogP contribution in [-0.2, 0) is 11.3 Å². The third-order valence-electron chi connectivity index (χ3n) is 4.01. The maximum atomic E-state index is 12.0. The highest BCUT2D eigenvalue weighted by atomic mass is 16.2. The largest absolute Gasteiger partial charge is 0.336 e. The number of aromatic nitrogens is 3. The SMILES string of the molecule is O=C(CN1CCN(CCn2ccnc2)CC1)Nc1cccnc1. The molecule has 0 aliphatic carbocycles. The van der Waals surface area contributed by atoms with E-state index in [1.54, 1.807) is 18.6 Å². The summed E-state index contributed by atoms with van der Waals surface area (Å²) in [6.07, 6.45) is 8.99. The first-order chi connectivity index (χ1) is 11.3. The van der Waals surface area contributed by atoms with Crippen molar-refractivity contribution in [3.8, 4) is 0 Å². The Kier molecular flexibility index (Phi) is 5.33. The lowest BCUT2D eigenvalue weighted by atomic mass is 10.3. The summed E-state index contributed by atoms with van der Waals surface area (Å²) in [7, 11) is 0. The van der Waals surface area contributed by atoms with E-state index in [9.17, 15) is 4.79 Å². The third kappa shape index (κ3) is 4.87. The van der Waals surface area contributed by atoms with Crippen molar-refractivity contribution in [3.05, 3.63) is 43.2 Å². The van der Waals surface area contributed by atoms with Crippen LogP contribution >= 0.6 is 0 Å². The van der Waals surface area contributed by atoms with Crippen molar-refractivity contribution in [2.75, 3.05) is 44.6 Å². The van der Waals surface area contributed by atoms with E-state index in [1.807, 2.05) is 24.7 Å². The molecule has 3 heterocycles. The quantitative estimate of drug-likeness (QED) is 0.843. The van der Waals surface area contributed by atoms with Crippen molar-refractivity contribution in [1.29, 1.82) is 0 Å². The maximum absolute atomic E-state index is 12.0. The molecule has 1 fully saturated rings. The van der Waals surface area contributed by atoms with Crippen molar-refractivity contribution >= 4 is 11.6 Å². The number of anilines is 1. The van der Waals surface area contributed by atoms with Gasteiger partial charge in [-0.2, -0.15) is 0 Å². The molecule has 2 aromatic heterocycles. The molecule has 1 aliphatic rings. The molecule has 1 N–H and O–H groups in total. The molecule has 0 atom stereocenters. The van der Waals surface area contributed by atoms with Gasteiger partial charge in [0.2, 0.25) is 5.91 Å². The molecule has 23 heavy (non-hydrogen) atoms. The van der Waals surface area contributed by atoms with Crippen molar-refractivity contribution in [1.82, 2.24) is 24.3 Å². The minimum atomic E-state index is 0.0184. The summed E-state index contributed by atoms with van der Waals surface area (Å²) >= 11 is 0. The topological polar surface area (TPSA) is 66.3 Å². The van der Waals surface area contributed by atoms with Gasteiger partial charge in [-0.05, 0) is 12.1 Å². The first-order valence-electron chi connectivity index (χ1n) is 7.90. The highest BCUT2D eigenvalue weighted by Gasteiger charge is 2.18. The normalized spacial score (nSPS) is 16.3. The maximum Gasteiger partial charge on any atom is 0.238 e. The molecule has 0 radical (unpaired) electrons. The number of hydrogen-bond acceptors (Lipinski definition) is 5. The molecule has 0 saturated carbocycles. The molecule has 3 rings (SSSR count). The number of carbonyl (C=O) groups excluding carboxylic acids is 1. The number of rotatable bonds is 6. The zero-order chi connectivity index (χ0) is 15.9. The van der Waals surface area contributed by atoms with Crippen LogP contribution in [0.3, 0.4) is 0 Å². The molecule has 0 bridgehead atoms. The van der Waals surface area contributed by atoms with Gasteiger partial charge in [0.1, 0.15) is 0 Å². The van der Waals surface area contributed by atoms with Crippen LogP contribution in [0.25, 0.3) is 0 Å². The Bertz CT molecular complexity index is 592. The molecule has 0 spiro atoms. The summed E-state index contributed by atoms with van der Waals surface area (Å²) in [6.45, 7) is 6.25. The zero-order valence-corrected chi connectivity index (χ0v) is 13.1. The van der Waals surface area contributed by atoms with E-state index in [4.69, 9.17) is 0 Å². The lowest BCUT2D eigenvalue weighted by Crippen LogP contribution is -2.49. The van der Waals surface area contributed by atoms with Gasteiger partial charge in [0.25, 0.3) is 0 Å². The molecule has 122 valence electrons. The number of pyridine rings is 1. The second-order valence-corrected chi connectivity index (χ2v) is 5.71. The Morgan fingerprint density at radius 3 is 2.61 bits per heavy atom. The summed E-state index contributed by atoms with van der Waals surface area (Å²) in [4.78, 5) is 24.7. The van der Waals surface area contributed by atoms with Crippen LogP contribution in [0.2, 0.25) is 0 Å². The van der Waals surface area contributed by atoms with Crippen molar-refractivity contribution in [3.63, 3.8) is 0 Å². The Balaban J connectivity index is 1.36. The van der Waals surface area contributed by atoms with E-state index >= 15 is 0 Å². The van der Waals surface area contributed by atoms with E-state index in [1.165, 1.54) is 0 Å². The monoisotopic (exact) mass is 314 g/mol. The number of amides is 1. The van der Waals surface area contributed by atoms with Crippen LogP contribution in [0.5, 0.6) is 0 Å². The Morgan fingerprint density at radius 1 is 1.09 bits per heavy atom. The number of hydrogen-bond donors (Lipinski definition) is 1. The van der Waals surface area contributed by atoms with E-state index in [-0.39, 0.29) is 5.91 Å². The minimum Gasteiger partial charge on any atom is -0.336 e. The van der Waals surface area contributed by atoms with Crippen LogP contribution in [0, 0.1) is 0 Å². The molecule has 0 unspecified atom stereocenters. The zero-order valence-electron chi connectivity index (χ0n) is 13.1. The van der Waals surface area contributed by atoms with Gasteiger partial charge in [-0.1, -0.05) is 0 Å². The molecule has 1 amide bonds. The van der Waals surface area contributed by atoms with Gasteiger partial charge in [0, 0.05) is 57.9 Å². The second kappa shape index (κ2) is 7.85.